The van der Waals surface area contributed by atoms with Gasteiger partial charge in [-0.25, -0.2) is 4.79 Å². The minimum absolute atomic E-state index is 0.388. The predicted octanol–water partition coefficient (Wildman–Crippen LogP) is 2.67. The minimum atomic E-state index is -0.388. The summed E-state index contributed by atoms with van der Waals surface area (Å²) in [4.78, 5) is 13.6. The van der Waals surface area contributed by atoms with Gasteiger partial charge in [0.1, 0.15) is 6.61 Å². The fraction of sp³-hybridized carbons (Fsp3) is 0.500. The Kier molecular flexibility index (Phi) is 5.65. The lowest BCUT2D eigenvalue weighted by atomic mass is 10.1. The van der Waals surface area contributed by atoms with Crippen molar-refractivity contribution in [1.82, 2.24) is 4.90 Å². The van der Waals surface area contributed by atoms with Gasteiger partial charge in [0.25, 0.3) is 0 Å². The smallest absolute Gasteiger partial charge is 0.411 e. The van der Waals surface area contributed by atoms with Crippen molar-refractivity contribution in [3.63, 3.8) is 0 Å². The number of carbonyl (C=O) groups excluding carboxylic acids is 1. The molecule has 0 unspecified atom stereocenters. The maximum atomic E-state index is 11.7. The zero-order valence-electron chi connectivity index (χ0n) is 11.6. The Labute approximate surface area is 109 Å². The fourth-order valence-electron chi connectivity index (χ4n) is 1.66. The number of benzene rings is 1. The molecule has 0 saturated carbocycles. The Bertz CT molecular complexity index is 403. The zero-order valence-corrected chi connectivity index (χ0v) is 11.6. The molecule has 1 aromatic carbocycles. The molecule has 0 aliphatic rings. The van der Waals surface area contributed by atoms with Crippen LogP contribution in [0, 0.1) is 6.92 Å². The van der Waals surface area contributed by atoms with Crippen molar-refractivity contribution in [3.8, 4) is 0 Å². The van der Waals surface area contributed by atoms with Crippen LogP contribution in [0.3, 0.4) is 0 Å². The first-order valence-corrected chi connectivity index (χ1v) is 6.21. The second-order valence-electron chi connectivity index (χ2n) is 4.53. The number of hydrogen-bond acceptors (Lipinski definition) is 3. The van der Waals surface area contributed by atoms with E-state index in [1.165, 1.54) is 0 Å². The van der Waals surface area contributed by atoms with Gasteiger partial charge in [-0.2, -0.15) is 0 Å². The number of amides is 1. The third kappa shape index (κ3) is 4.37. The van der Waals surface area contributed by atoms with Crippen molar-refractivity contribution in [2.45, 2.75) is 20.3 Å². The molecule has 18 heavy (non-hydrogen) atoms. The molecular formula is C14H22N2O2. The van der Waals surface area contributed by atoms with Gasteiger partial charge in [-0.05, 0) is 38.6 Å². The molecule has 1 N–H and O–H groups in total. The molecule has 0 fully saturated rings. The van der Waals surface area contributed by atoms with Gasteiger partial charge in [0, 0.05) is 6.54 Å². The molecule has 0 heterocycles. The molecule has 1 rings (SSSR count). The largest absolute Gasteiger partial charge is 0.448 e. The van der Waals surface area contributed by atoms with Crippen molar-refractivity contribution in [1.29, 1.82) is 0 Å². The van der Waals surface area contributed by atoms with Gasteiger partial charge in [-0.1, -0.05) is 25.1 Å². The quantitative estimate of drug-likeness (QED) is 0.873. The molecule has 4 heteroatoms. The van der Waals surface area contributed by atoms with Crippen LogP contribution in [-0.2, 0) is 11.2 Å². The van der Waals surface area contributed by atoms with E-state index in [1.54, 1.807) is 0 Å². The van der Waals surface area contributed by atoms with Gasteiger partial charge >= 0.3 is 6.09 Å². The number of para-hydroxylation sites is 1. The molecule has 0 bridgehead atoms. The van der Waals surface area contributed by atoms with E-state index in [9.17, 15) is 4.79 Å². The topological polar surface area (TPSA) is 41.6 Å². The van der Waals surface area contributed by atoms with Gasteiger partial charge in [-0.3, -0.25) is 5.32 Å². The first-order valence-electron chi connectivity index (χ1n) is 6.21. The summed E-state index contributed by atoms with van der Waals surface area (Å²) in [7, 11) is 3.88. The van der Waals surface area contributed by atoms with E-state index in [1.807, 2.05) is 44.1 Å². The molecule has 0 aliphatic carbocycles. The molecule has 0 aliphatic heterocycles. The van der Waals surface area contributed by atoms with E-state index in [2.05, 4.69) is 12.2 Å². The van der Waals surface area contributed by atoms with Crippen LogP contribution in [0.25, 0.3) is 0 Å². The molecule has 1 amide bonds. The summed E-state index contributed by atoms with van der Waals surface area (Å²) in [5.41, 5.74) is 3.05. The third-order valence-electron chi connectivity index (χ3n) is 2.74. The summed E-state index contributed by atoms with van der Waals surface area (Å²) >= 11 is 0. The Morgan fingerprint density at radius 1 is 1.39 bits per heavy atom. The molecule has 100 valence electrons. The molecule has 0 atom stereocenters. The van der Waals surface area contributed by atoms with Crippen LogP contribution in [0.4, 0.5) is 10.5 Å². The van der Waals surface area contributed by atoms with Crippen molar-refractivity contribution >= 4 is 11.8 Å². The summed E-state index contributed by atoms with van der Waals surface area (Å²) in [5.74, 6) is 0. The highest BCUT2D eigenvalue weighted by atomic mass is 16.5. The SMILES string of the molecule is CCc1cccc(C)c1NC(=O)OCCN(C)C. The van der Waals surface area contributed by atoms with Crippen molar-refractivity contribution in [2.24, 2.45) is 0 Å². The van der Waals surface area contributed by atoms with Crippen LogP contribution >= 0.6 is 0 Å². The highest BCUT2D eigenvalue weighted by molar-refractivity contribution is 5.86. The fourth-order valence-corrected chi connectivity index (χ4v) is 1.66. The summed E-state index contributed by atoms with van der Waals surface area (Å²) in [6, 6.07) is 5.99. The second-order valence-corrected chi connectivity index (χ2v) is 4.53. The van der Waals surface area contributed by atoms with Crippen molar-refractivity contribution in [3.05, 3.63) is 29.3 Å². The molecule has 0 spiro atoms. The number of ether oxygens (including phenoxy) is 1. The minimum Gasteiger partial charge on any atom is -0.448 e. The van der Waals surface area contributed by atoms with E-state index in [0.717, 1.165) is 29.8 Å². The summed E-state index contributed by atoms with van der Waals surface area (Å²) in [6.45, 7) is 5.17. The molecular weight excluding hydrogens is 228 g/mol. The van der Waals surface area contributed by atoms with Crippen molar-refractivity contribution < 1.29 is 9.53 Å². The van der Waals surface area contributed by atoms with Gasteiger partial charge in [0.05, 0.1) is 5.69 Å². The lowest BCUT2D eigenvalue weighted by Crippen LogP contribution is -2.23. The zero-order chi connectivity index (χ0) is 13.5. The lowest BCUT2D eigenvalue weighted by molar-refractivity contribution is 0.151. The molecule has 0 saturated heterocycles. The van der Waals surface area contributed by atoms with Crippen LogP contribution in [0.1, 0.15) is 18.1 Å². The Morgan fingerprint density at radius 2 is 2.11 bits per heavy atom. The number of nitrogens with zero attached hydrogens (tertiary/aromatic N) is 1. The highest BCUT2D eigenvalue weighted by Gasteiger charge is 2.09. The van der Waals surface area contributed by atoms with E-state index >= 15 is 0 Å². The molecule has 4 nitrogen and oxygen atoms in total. The van der Waals surface area contributed by atoms with Gasteiger partial charge in [0.2, 0.25) is 0 Å². The van der Waals surface area contributed by atoms with E-state index in [-0.39, 0.29) is 6.09 Å². The van der Waals surface area contributed by atoms with E-state index in [0.29, 0.717) is 6.61 Å². The number of rotatable bonds is 5. The lowest BCUT2D eigenvalue weighted by Gasteiger charge is -2.14. The van der Waals surface area contributed by atoms with Gasteiger partial charge in [0.15, 0.2) is 0 Å². The average Bonchev–Trinajstić information content (AvgIpc) is 2.31. The summed E-state index contributed by atoms with van der Waals surface area (Å²) < 4.78 is 5.12. The first-order chi connectivity index (χ1) is 8.54. The van der Waals surface area contributed by atoms with Gasteiger partial charge in [-0.15, -0.1) is 0 Å². The van der Waals surface area contributed by atoms with Crippen LogP contribution in [0.15, 0.2) is 18.2 Å². The molecule has 0 radical (unpaired) electrons. The number of anilines is 1. The molecule has 1 aromatic rings. The van der Waals surface area contributed by atoms with E-state index in [4.69, 9.17) is 4.74 Å². The van der Waals surface area contributed by atoms with Crippen LogP contribution in [0.2, 0.25) is 0 Å². The van der Waals surface area contributed by atoms with Crippen LogP contribution in [0.5, 0.6) is 0 Å². The number of likely N-dealkylation sites (N-methyl/N-ethyl adjacent to an activating group) is 1. The Morgan fingerprint density at radius 3 is 2.72 bits per heavy atom. The number of nitrogens with one attached hydrogen (secondary N) is 1. The number of carbonyl (C=O) groups is 1. The second kappa shape index (κ2) is 7.01. The Hall–Kier alpha value is -1.55. The van der Waals surface area contributed by atoms with Gasteiger partial charge < -0.3 is 9.64 Å². The molecule has 0 aromatic heterocycles. The van der Waals surface area contributed by atoms with Crippen LogP contribution < -0.4 is 5.32 Å². The Balaban J connectivity index is 2.59. The maximum absolute atomic E-state index is 11.7. The maximum Gasteiger partial charge on any atom is 0.411 e. The third-order valence-corrected chi connectivity index (χ3v) is 2.74. The van der Waals surface area contributed by atoms with Crippen LogP contribution in [-0.4, -0.2) is 38.2 Å². The average molecular weight is 250 g/mol. The highest BCUT2D eigenvalue weighted by Crippen LogP contribution is 2.21. The normalized spacial score (nSPS) is 10.5. The monoisotopic (exact) mass is 250 g/mol. The summed E-state index contributed by atoms with van der Waals surface area (Å²) in [5, 5.41) is 2.82. The van der Waals surface area contributed by atoms with Crippen molar-refractivity contribution in [2.75, 3.05) is 32.6 Å². The van der Waals surface area contributed by atoms with E-state index < -0.39 is 0 Å². The predicted molar refractivity (Wildman–Crippen MR) is 74.1 cm³/mol. The first kappa shape index (κ1) is 14.5. The summed E-state index contributed by atoms with van der Waals surface area (Å²) in [6.07, 6.45) is 0.496. The standard InChI is InChI=1S/C14H22N2O2/c1-5-12-8-6-7-11(2)13(12)15-14(17)18-10-9-16(3)4/h6-8H,5,9-10H2,1-4H3,(H,15,17). The number of aryl methyl sites for hydroxylation is 2. The number of hydrogen-bond donors (Lipinski definition) is 1.